The lowest BCUT2D eigenvalue weighted by molar-refractivity contribution is 0.618. The van der Waals surface area contributed by atoms with Gasteiger partial charge in [0, 0.05) is 28.1 Å². The summed E-state index contributed by atoms with van der Waals surface area (Å²) in [4.78, 5) is 0. The highest BCUT2D eigenvalue weighted by atomic mass is 79.9. The van der Waals surface area contributed by atoms with Crippen molar-refractivity contribution >= 4 is 26.8 Å². The molecule has 86 valence electrons. The van der Waals surface area contributed by atoms with Gasteiger partial charge in [-0.05, 0) is 48.3 Å². The number of hydrogen-bond acceptors (Lipinski definition) is 1. The Hall–Kier alpha value is -0.800. The fourth-order valence-electron chi connectivity index (χ4n) is 2.06. The van der Waals surface area contributed by atoms with Crippen LogP contribution in [0.1, 0.15) is 38.4 Å². The fourth-order valence-corrected chi connectivity index (χ4v) is 2.64. The number of para-hydroxylation sites is 1. The third-order valence-corrected chi connectivity index (χ3v) is 3.52. The number of halogens is 1. The van der Waals surface area contributed by atoms with Crippen LogP contribution in [0.4, 0.5) is 0 Å². The number of fused-ring (bicyclic) bond motifs is 1. The largest absolute Gasteiger partial charge is 0.344 e. The first-order valence-corrected chi connectivity index (χ1v) is 6.36. The maximum absolute atomic E-state index is 6.01. The van der Waals surface area contributed by atoms with E-state index in [4.69, 9.17) is 5.73 Å². The van der Waals surface area contributed by atoms with Crippen molar-refractivity contribution in [3.8, 4) is 0 Å². The van der Waals surface area contributed by atoms with E-state index in [2.05, 4.69) is 58.7 Å². The zero-order chi connectivity index (χ0) is 11.9. The first kappa shape index (κ1) is 11.7. The molecule has 2 nitrogen and oxygen atoms in total. The van der Waals surface area contributed by atoms with Crippen molar-refractivity contribution in [3.05, 3.63) is 34.4 Å². The van der Waals surface area contributed by atoms with Crippen LogP contribution in [-0.4, -0.2) is 4.57 Å². The van der Waals surface area contributed by atoms with Gasteiger partial charge in [-0.15, -0.1) is 0 Å². The summed E-state index contributed by atoms with van der Waals surface area (Å²) < 4.78 is 3.41. The van der Waals surface area contributed by atoms with E-state index in [-0.39, 0.29) is 6.04 Å². The summed E-state index contributed by atoms with van der Waals surface area (Å²) in [5.74, 6) is 0. The van der Waals surface area contributed by atoms with E-state index in [1.54, 1.807) is 0 Å². The summed E-state index contributed by atoms with van der Waals surface area (Å²) in [5.41, 5.74) is 8.47. The van der Waals surface area contributed by atoms with Crippen LogP contribution >= 0.6 is 15.9 Å². The van der Waals surface area contributed by atoms with Crippen molar-refractivity contribution in [3.63, 3.8) is 0 Å². The molecule has 16 heavy (non-hydrogen) atoms. The summed E-state index contributed by atoms with van der Waals surface area (Å²) >= 11 is 3.62. The van der Waals surface area contributed by atoms with E-state index >= 15 is 0 Å². The van der Waals surface area contributed by atoms with E-state index in [1.807, 2.05) is 6.92 Å². The number of nitrogens with zero attached hydrogens (tertiary/aromatic N) is 1. The minimum absolute atomic E-state index is 0.0665. The molecule has 0 saturated carbocycles. The molecule has 0 bridgehead atoms. The molecule has 2 aromatic rings. The number of aromatic nitrogens is 1. The van der Waals surface area contributed by atoms with Gasteiger partial charge in [0.1, 0.15) is 0 Å². The third-order valence-electron chi connectivity index (χ3n) is 2.88. The molecule has 1 unspecified atom stereocenters. The van der Waals surface area contributed by atoms with Gasteiger partial charge in [-0.25, -0.2) is 0 Å². The first-order valence-electron chi connectivity index (χ1n) is 5.57. The lowest BCUT2D eigenvalue weighted by Crippen LogP contribution is -2.04. The molecule has 0 aliphatic carbocycles. The SMILES string of the molecule is CC(N)c1cn(C(C)C)c2c(Br)cccc12. The summed E-state index contributed by atoms with van der Waals surface area (Å²) in [6.45, 7) is 6.40. The van der Waals surface area contributed by atoms with Crippen LogP contribution in [0.15, 0.2) is 28.9 Å². The van der Waals surface area contributed by atoms with Crippen LogP contribution in [0.3, 0.4) is 0 Å². The second-order valence-corrected chi connectivity index (χ2v) is 5.36. The molecular formula is C13H17BrN2. The number of hydrogen-bond donors (Lipinski definition) is 1. The Balaban J connectivity index is 2.82. The predicted octanol–water partition coefficient (Wildman–Crippen LogP) is 4.00. The summed E-state index contributed by atoms with van der Waals surface area (Å²) in [5, 5.41) is 1.25. The topological polar surface area (TPSA) is 30.9 Å². The standard InChI is InChI=1S/C13H17BrN2/c1-8(2)16-7-11(9(3)15)10-5-4-6-12(14)13(10)16/h4-9H,15H2,1-3H3. The predicted molar refractivity (Wildman–Crippen MR) is 72.6 cm³/mol. The number of benzene rings is 1. The molecule has 3 heteroatoms. The zero-order valence-corrected chi connectivity index (χ0v) is 11.5. The maximum Gasteiger partial charge on any atom is 0.0630 e. The van der Waals surface area contributed by atoms with Crippen molar-refractivity contribution in [1.82, 2.24) is 4.57 Å². The van der Waals surface area contributed by atoms with E-state index < -0.39 is 0 Å². The smallest absolute Gasteiger partial charge is 0.0630 e. The number of nitrogens with two attached hydrogens (primary N) is 1. The van der Waals surface area contributed by atoms with Crippen molar-refractivity contribution in [2.24, 2.45) is 5.73 Å². The van der Waals surface area contributed by atoms with Gasteiger partial charge in [0.2, 0.25) is 0 Å². The van der Waals surface area contributed by atoms with Crippen LogP contribution in [0, 0.1) is 0 Å². The summed E-state index contributed by atoms with van der Waals surface area (Å²) in [6, 6.07) is 6.78. The average molecular weight is 281 g/mol. The van der Waals surface area contributed by atoms with Crippen molar-refractivity contribution in [2.45, 2.75) is 32.9 Å². The Morgan fingerprint density at radius 3 is 2.50 bits per heavy atom. The van der Waals surface area contributed by atoms with Gasteiger partial charge in [-0.2, -0.15) is 0 Å². The monoisotopic (exact) mass is 280 g/mol. The molecule has 2 rings (SSSR count). The minimum Gasteiger partial charge on any atom is -0.344 e. The molecule has 0 radical (unpaired) electrons. The van der Waals surface area contributed by atoms with Gasteiger partial charge in [0.25, 0.3) is 0 Å². The molecule has 1 aromatic heterocycles. The maximum atomic E-state index is 6.01. The molecule has 1 atom stereocenters. The van der Waals surface area contributed by atoms with Gasteiger partial charge < -0.3 is 10.3 Å². The molecule has 0 amide bonds. The van der Waals surface area contributed by atoms with Crippen LogP contribution in [-0.2, 0) is 0 Å². The molecule has 0 aliphatic heterocycles. The fraction of sp³-hybridized carbons (Fsp3) is 0.385. The molecule has 1 heterocycles. The van der Waals surface area contributed by atoms with Crippen LogP contribution in [0.5, 0.6) is 0 Å². The van der Waals surface area contributed by atoms with Crippen molar-refractivity contribution in [2.75, 3.05) is 0 Å². The van der Waals surface area contributed by atoms with Crippen molar-refractivity contribution < 1.29 is 0 Å². The molecule has 0 spiro atoms. The quantitative estimate of drug-likeness (QED) is 0.886. The normalized spacial score (nSPS) is 13.6. The highest BCUT2D eigenvalue weighted by Crippen LogP contribution is 2.32. The lowest BCUT2D eigenvalue weighted by Gasteiger charge is -2.10. The Kier molecular flexibility index (Phi) is 3.08. The van der Waals surface area contributed by atoms with Crippen molar-refractivity contribution in [1.29, 1.82) is 0 Å². The average Bonchev–Trinajstić information content (AvgIpc) is 2.58. The van der Waals surface area contributed by atoms with Crippen LogP contribution < -0.4 is 5.73 Å². The Labute approximate surface area is 105 Å². The summed E-state index contributed by atoms with van der Waals surface area (Å²) in [7, 11) is 0. The lowest BCUT2D eigenvalue weighted by atomic mass is 10.1. The molecule has 2 N–H and O–H groups in total. The van der Waals surface area contributed by atoms with Gasteiger partial charge in [0.05, 0.1) is 5.52 Å². The third kappa shape index (κ3) is 1.78. The van der Waals surface area contributed by atoms with E-state index in [0.717, 1.165) is 4.47 Å². The van der Waals surface area contributed by atoms with E-state index in [9.17, 15) is 0 Å². The number of rotatable bonds is 2. The second-order valence-electron chi connectivity index (χ2n) is 4.51. The highest BCUT2D eigenvalue weighted by Gasteiger charge is 2.14. The van der Waals surface area contributed by atoms with Gasteiger partial charge >= 0.3 is 0 Å². The molecule has 0 fully saturated rings. The first-order chi connectivity index (χ1) is 7.52. The molecular weight excluding hydrogens is 264 g/mol. The molecule has 0 aliphatic rings. The molecule has 0 saturated heterocycles. The van der Waals surface area contributed by atoms with Crippen LogP contribution in [0.25, 0.3) is 10.9 Å². The summed E-state index contributed by atoms with van der Waals surface area (Å²) in [6.07, 6.45) is 2.17. The van der Waals surface area contributed by atoms with E-state index in [1.165, 1.54) is 16.5 Å². The zero-order valence-electron chi connectivity index (χ0n) is 9.87. The van der Waals surface area contributed by atoms with Gasteiger partial charge in [0.15, 0.2) is 0 Å². The van der Waals surface area contributed by atoms with E-state index in [0.29, 0.717) is 6.04 Å². The Bertz CT molecular complexity index is 512. The van der Waals surface area contributed by atoms with Crippen LogP contribution in [0.2, 0.25) is 0 Å². The molecule has 1 aromatic carbocycles. The second kappa shape index (κ2) is 4.22. The van der Waals surface area contributed by atoms with Gasteiger partial charge in [-0.3, -0.25) is 0 Å². The minimum atomic E-state index is 0.0665. The highest BCUT2D eigenvalue weighted by molar-refractivity contribution is 9.10. The Morgan fingerprint density at radius 1 is 1.25 bits per heavy atom. The Morgan fingerprint density at radius 2 is 1.94 bits per heavy atom. The van der Waals surface area contributed by atoms with Gasteiger partial charge in [-0.1, -0.05) is 12.1 Å².